The Morgan fingerprint density at radius 1 is 0.840 bits per heavy atom. The molecule has 2 aromatic carbocycles. The van der Waals surface area contributed by atoms with Gasteiger partial charge >= 0.3 is 0 Å². The Bertz CT molecular complexity index is 906. The van der Waals surface area contributed by atoms with Crippen molar-refractivity contribution in [1.29, 1.82) is 0 Å². The lowest BCUT2D eigenvalue weighted by atomic mass is 10.0. The maximum Gasteiger partial charge on any atom is 0.274 e. The molecule has 3 aromatic rings. The molecule has 4 rings (SSSR count). The van der Waals surface area contributed by atoms with E-state index in [9.17, 15) is 4.79 Å². The molecule has 1 aliphatic rings. The van der Waals surface area contributed by atoms with Crippen LogP contribution in [0.3, 0.4) is 0 Å². The summed E-state index contributed by atoms with van der Waals surface area (Å²) in [4.78, 5) is 13.0. The Labute approximate surface area is 148 Å². The normalized spacial score (nSPS) is 16.0. The van der Waals surface area contributed by atoms with Crippen LogP contribution in [0.1, 0.15) is 55.8 Å². The fourth-order valence-corrected chi connectivity index (χ4v) is 3.94. The van der Waals surface area contributed by atoms with Crippen molar-refractivity contribution in [3.05, 3.63) is 76.2 Å². The number of hydrogen-bond acceptors (Lipinski definition) is 2. The molecule has 25 heavy (non-hydrogen) atoms. The summed E-state index contributed by atoms with van der Waals surface area (Å²) >= 11 is 0. The van der Waals surface area contributed by atoms with Crippen molar-refractivity contribution in [1.82, 2.24) is 9.78 Å². The molecule has 1 aliphatic carbocycles. The number of benzene rings is 2. The molecule has 1 aromatic heterocycles. The van der Waals surface area contributed by atoms with Gasteiger partial charge < -0.3 is 0 Å². The molecule has 0 atom stereocenters. The summed E-state index contributed by atoms with van der Waals surface area (Å²) in [6, 6.07) is 18.5. The Balaban J connectivity index is 1.83. The van der Waals surface area contributed by atoms with Crippen molar-refractivity contribution in [3.63, 3.8) is 0 Å². The van der Waals surface area contributed by atoms with E-state index < -0.39 is 0 Å². The SMILES string of the molecule is O=c1c2ccccc2c(Cc2ccccc2)nn1C1CCCCCC1. The molecular weight excluding hydrogens is 308 g/mol. The molecular formula is C22H24N2O. The van der Waals surface area contributed by atoms with Crippen molar-refractivity contribution < 1.29 is 0 Å². The molecule has 3 heteroatoms. The minimum atomic E-state index is 0.0688. The van der Waals surface area contributed by atoms with E-state index in [-0.39, 0.29) is 11.6 Å². The molecule has 0 aliphatic heterocycles. The predicted octanol–water partition coefficient (Wildman–Crippen LogP) is 4.88. The predicted molar refractivity (Wildman–Crippen MR) is 102 cm³/mol. The zero-order chi connectivity index (χ0) is 17.1. The summed E-state index contributed by atoms with van der Waals surface area (Å²) in [5.74, 6) is 0. The lowest BCUT2D eigenvalue weighted by Crippen LogP contribution is -2.28. The fourth-order valence-electron chi connectivity index (χ4n) is 3.94. The number of rotatable bonds is 3. The van der Waals surface area contributed by atoms with Crippen LogP contribution in [0.4, 0.5) is 0 Å². The van der Waals surface area contributed by atoms with E-state index in [1.165, 1.54) is 31.2 Å². The van der Waals surface area contributed by atoms with Crippen molar-refractivity contribution in [2.24, 2.45) is 0 Å². The van der Waals surface area contributed by atoms with Gasteiger partial charge in [0.05, 0.1) is 17.1 Å². The average Bonchev–Trinajstić information content (AvgIpc) is 2.94. The first-order valence-corrected chi connectivity index (χ1v) is 9.37. The van der Waals surface area contributed by atoms with E-state index in [4.69, 9.17) is 5.10 Å². The molecule has 0 saturated heterocycles. The quantitative estimate of drug-likeness (QED) is 0.641. The maximum atomic E-state index is 13.0. The first-order chi connectivity index (χ1) is 12.3. The standard InChI is InChI=1S/C22H24N2O/c25-22-20-15-9-8-14-19(20)21(16-17-10-4-3-5-11-17)23-24(22)18-12-6-1-2-7-13-18/h3-5,8-11,14-15,18H,1-2,6-7,12-13,16H2. The molecule has 1 fully saturated rings. The van der Waals surface area contributed by atoms with Crippen molar-refractivity contribution in [3.8, 4) is 0 Å². The molecule has 0 unspecified atom stereocenters. The van der Waals surface area contributed by atoms with Gasteiger partial charge in [-0.3, -0.25) is 4.79 Å². The Morgan fingerprint density at radius 2 is 1.48 bits per heavy atom. The summed E-state index contributed by atoms with van der Waals surface area (Å²) < 4.78 is 1.80. The second-order valence-corrected chi connectivity index (χ2v) is 7.05. The van der Waals surface area contributed by atoms with Crippen LogP contribution in [0.25, 0.3) is 10.8 Å². The van der Waals surface area contributed by atoms with E-state index >= 15 is 0 Å². The van der Waals surface area contributed by atoms with Crippen molar-refractivity contribution in [2.75, 3.05) is 0 Å². The minimum absolute atomic E-state index is 0.0688. The second-order valence-electron chi connectivity index (χ2n) is 7.05. The first kappa shape index (κ1) is 16.1. The molecule has 3 nitrogen and oxygen atoms in total. The van der Waals surface area contributed by atoms with Gasteiger partial charge in [0.1, 0.15) is 0 Å². The zero-order valence-corrected chi connectivity index (χ0v) is 14.5. The van der Waals surface area contributed by atoms with Gasteiger partial charge in [0.2, 0.25) is 0 Å². The van der Waals surface area contributed by atoms with Gasteiger partial charge in [0, 0.05) is 11.8 Å². The average molecular weight is 332 g/mol. The molecule has 0 spiro atoms. The summed E-state index contributed by atoms with van der Waals surface area (Å²) in [5.41, 5.74) is 2.30. The lowest BCUT2D eigenvalue weighted by molar-refractivity contribution is 0.388. The van der Waals surface area contributed by atoms with E-state index in [1.807, 2.05) is 30.3 Å². The smallest absolute Gasteiger partial charge is 0.267 e. The maximum absolute atomic E-state index is 13.0. The van der Waals surface area contributed by atoms with Crippen LogP contribution in [-0.2, 0) is 6.42 Å². The van der Waals surface area contributed by atoms with Crippen LogP contribution in [-0.4, -0.2) is 9.78 Å². The summed E-state index contributed by atoms with van der Waals surface area (Å²) in [5, 5.41) is 6.65. The summed E-state index contributed by atoms with van der Waals surface area (Å²) in [6.45, 7) is 0. The van der Waals surface area contributed by atoms with E-state index in [0.717, 1.165) is 35.7 Å². The second kappa shape index (κ2) is 7.22. The van der Waals surface area contributed by atoms with Gasteiger partial charge in [-0.2, -0.15) is 5.10 Å². The van der Waals surface area contributed by atoms with E-state index in [0.29, 0.717) is 0 Å². The lowest BCUT2D eigenvalue weighted by Gasteiger charge is -2.19. The van der Waals surface area contributed by atoms with Crippen LogP contribution >= 0.6 is 0 Å². The Kier molecular flexibility index (Phi) is 4.64. The third-order valence-electron chi connectivity index (χ3n) is 5.29. The fraction of sp³-hybridized carbons (Fsp3) is 0.364. The first-order valence-electron chi connectivity index (χ1n) is 9.37. The van der Waals surface area contributed by atoms with Gasteiger partial charge in [0.25, 0.3) is 5.56 Å². The summed E-state index contributed by atoms with van der Waals surface area (Å²) in [6.07, 6.45) is 7.82. The van der Waals surface area contributed by atoms with Crippen LogP contribution in [0.15, 0.2) is 59.4 Å². The van der Waals surface area contributed by atoms with Crippen LogP contribution in [0, 0.1) is 0 Å². The zero-order valence-electron chi connectivity index (χ0n) is 14.5. The highest BCUT2D eigenvalue weighted by Gasteiger charge is 2.19. The van der Waals surface area contributed by atoms with Crippen LogP contribution in [0.2, 0.25) is 0 Å². The van der Waals surface area contributed by atoms with Gasteiger partial charge in [-0.15, -0.1) is 0 Å². The van der Waals surface area contributed by atoms with Crippen LogP contribution < -0.4 is 5.56 Å². The highest BCUT2D eigenvalue weighted by atomic mass is 16.1. The number of aromatic nitrogens is 2. The van der Waals surface area contributed by atoms with Gasteiger partial charge in [-0.1, -0.05) is 74.2 Å². The summed E-state index contributed by atoms with van der Waals surface area (Å²) in [7, 11) is 0. The molecule has 1 saturated carbocycles. The van der Waals surface area contributed by atoms with E-state index in [1.54, 1.807) is 4.68 Å². The molecule has 128 valence electrons. The third-order valence-corrected chi connectivity index (χ3v) is 5.29. The largest absolute Gasteiger partial charge is 0.274 e. The highest BCUT2D eigenvalue weighted by Crippen LogP contribution is 2.27. The molecule has 0 N–H and O–H groups in total. The molecule has 0 amide bonds. The van der Waals surface area contributed by atoms with Crippen molar-refractivity contribution >= 4 is 10.8 Å². The number of nitrogens with zero attached hydrogens (tertiary/aromatic N) is 2. The molecule has 1 heterocycles. The Morgan fingerprint density at radius 3 is 2.20 bits per heavy atom. The van der Waals surface area contributed by atoms with Gasteiger partial charge in [-0.25, -0.2) is 4.68 Å². The minimum Gasteiger partial charge on any atom is -0.267 e. The van der Waals surface area contributed by atoms with E-state index in [2.05, 4.69) is 24.3 Å². The Hall–Kier alpha value is -2.42. The highest BCUT2D eigenvalue weighted by molar-refractivity contribution is 5.83. The third kappa shape index (κ3) is 3.37. The monoisotopic (exact) mass is 332 g/mol. The number of fused-ring (bicyclic) bond motifs is 1. The van der Waals surface area contributed by atoms with Crippen LogP contribution in [0.5, 0.6) is 0 Å². The topological polar surface area (TPSA) is 34.9 Å². The van der Waals surface area contributed by atoms with Gasteiger partial charge in [0.15, 0.2) is 0 Å². The van der Waals surface area contributed by atoms with Crippen molar-refractivity contribution in [2.45, 2.75) is 51.0 Å². The molecule has 0 radical (unpaired) electrons. The van der Waals surface area contributed by atoms with Gasteiger partial charge in [-0.05, 0) is 24.5 Å². The number of hydrogen-bond donors (Lipinski definition) is 0. The molecule has 0 bridgehead atoms.